The number of pyridine rings is 1. The van der Waals surface area contributed by atoms with E-state index in [1.165, 1.54) is 41.6 Å². The summed E-state index contributed by atoms with van der Waals surface area (Å²) in [5, 5.41) is 3.71. The summed E-state index contributed by atoms with van der Waals surface area (Å²) in [4.78, 5) is 4.72. The van der Waals surface area contributed by atoms with E-state index in [1.54, 1.807) is 0 Å². The van der Waals surface area contributed by atoms with E-state index in [0.717, 1.165) is 6.54 Å². The SMILES string of the molecule is CCNC(c1ccccc1C)C1CCCc2cccnc21. The van der Waals surface area contributed by atoms with Crippen LogP contribution < -0.4 is 5.32 Å². The quantitative estimate of drug-likeness (QED) is 0.909. The topological polar surface area (TPSA) is 24.9 Å². The van der Waals surface area contributed by atoms with Crippen LogP contribution in [0.4, 0.5) is 0 Å². The molecule has 0 fully saturated rings. The molecule has 1 N–H and O–H groups in total. The van der Waals surface area contributed by atoms with Crippen LogP contribution in [0.15, 0.2) is 42.6 Å². The van der Waals surface area contributed by atoms with Crippen LogP contribution in [0.25, 0.3) is 0 Å². The van der Waals surface area contributed by atoms with Crippen molar-refractivity contribution in [2.24, 2.45) is 0 Å². The second-order valence-corrected chi connectivity index (χ2v) is 5.94. The van der Waals surface area contributed by atoms with Gasteiger partial charge < -0.3 is 5.32 Å². The molecule has 2 unspecified atom stereocenters. The average molecular weight is 280 g/mol. The molecular weight excluding hydrogens is 256 g/mol. The third-order valence-corrected chi connectivity index (χ3v) is 4.59. The van der Waals surface area contributed by atoms with Gasteiger partial charge in [0.25, 0.3) is 0 Å². The van der Waals surface area contributed by atoms with Crippen LogP contribution in [0.1, 0.15) is 54.1 Å². The number of nitrogens with one attached hydrogen (secondary N) is 1. The molecular formula is C19H24N2. The van der Waals surface area contributed by atoms with Gasteiger partial charge >= 0.3 is 0 Å². The zero-order valence-corrected chi connectivity index (χ0v) is 13.0. The van der Waals surface area contributed by atoms with E-state index < -0.39 is 0 Å². The third kappa shape index (κ3) is 2.86. The van der Waals surface area contributed by atoms with Gasteiger partial charge in [0.1, 0.15) is 0 Å². The highest BCUT2D eigenvalue weighted by molar-refractivity contribution is 5.35. The minimum absolute atomic E-state index is 0.366. The maximum Gasteiger partial charge on any atom is 0.0485 e. The van der Waals surface area contributed by atoms with Crippen molar-refractivity contribution in [2.45, 2.75) is 45.1 Å². The first-order valence-electron chi connectivity index (χ1n) is 8.04. The largest absolute Gasteiger partial charge is 0.310 e. The molecule has 1 aromatic carbocycles. The van der Waals surface area contributed by atoms with Crippen molar-refractivity contribution in [3.8, 4) is 0 Å². The van der Waals surface area contributed by atoms with E-state index in [9.17, 15) is 0 Å². The van der Waals surface area contributed by atoms with Gasteiger partial charge in [-0.2, -0.15) is 0 Å². The Hall–Kier alpha value is -1.67. The molecule has 2 nitrogen and oxygen atoms in total. The van der Waals surface area contributed by atoms with E-state index in [4.69, 9.17) is 4.98 Å². The lowest BCUT2D eigenvalue weighted by Crippen LogP contribution is -2.30. The van der Waals surface area contributed by atoms with Crippen LogP contribution in [-0.4, -0.2) is 11.5 Å². The van der Waals surface area contributed by atoms with Crippen LogP contribution in [0.2, 0.25) is 0 Å². The lowest BCUT2D eigenvalue weighted by Gasteiger charge is -2.33. The van der Waals surface area contributed by atoms with Gasteiger partial charge in [-0.3, -0.25) is 4.98 Å². The highest BCUT2D eigenvalue weighted by Gasteiger charge is 2.30. The summed E-state index contributed by atoms with van der Waals surface area (Å²) in [6.45, 7) is 5.38. The summed E-state index contributed by atoms with van der Waals surface area (Å²) in [5.74, 6) is 0.482. The minimum Gasteiger partial charge on any atom is -0.310 e. The summed E-state index contributed by atoms with van der Waals surface area (Å²) >= 11 is 0. The van der Waals surface area contributed by atoms with Crippen molar-refractivity contribution in [2.75, 3.05) is 6.54 Å². The Morgan fingerprint density at radius 3 is 2.90 bits per heavy atom. The molecule has 0 radical (unpaired) electrons. The van der Waals surface area contributed by atoms with Gasteiger partial charge in [0, 0.05) is 23.9 Å². The van der Waals surface area contributed by atoms with Crippen molar-refractivity contribution in [1.82, 2.24) is 10.3 Å². The van der Waals surface area contributed by atoms with E-state index >= 15 is 0 Å². The van der Waals surface area contributed by atoms with Crippen molar-refractivity contribution in [3.63, 3.8) is 0 Å². The van der Waals surface area contributed by atoms with Crippen molar-refractivity contribution < 1.29 is 0 Å². The number of likely N-dealkylation sites (N-methyl/N-ethyl adjacent to an activating group) is 1. The Labute approximate surface area is 127 Å². The predicted octanol–water partition coefficient (Wildman–Crippen LogP) is 4.16. The fraction of sp³-hybridized carbons (Fsp3) is 0.421. The number of nitrogens with zero attached hydrogens (tertiary/aromatic N) is 1. The maximum atomic E-state index is 4.72. The first kappa shape index (κ1) is 14.3. The molecule has 1 aliphatic rings. The van der Waals surface area contributed by atoms with Crippen LogP contribution in [-0.2, 0) is 6.42 Å². The monoisotopic (exact) mass is 280 g/mol. The maximum absolute atomic E-state index is 4.72. The fourth-order valence-electron chi connectivity index (χ4n) is 3.59. The van der Waals surface area contributed by atoms with Crippen LogP contribution in [0.5, 0.6) is 0 Å². The van der Waals surface area contributed by atoms with Crippen molar-refractivity contribution in [1.29, 1.82) is 0 Å². The third-order valence-electron chi connectivity index (χ3n) is 4.59. The molecule has 2 atom stereocenters. The molecule has 0 saturated heterocycles. The smallest absolute Gasteiger partial charge is 0.0485 e. The van der Waals surface area contributed by atoms with Gasteiger partial charge in [0.05, 0.1) is 0 Å². The van der Waals surface area contributed by atoms with Crippen molar-refractivity contribution >= 4 is 0 Å². The Balaban J connectivity index is 2.01. The van der Waals surface area contributed by atoms with E-state index in [0.29, 0.717) is 12.0 Å². The van der Waals surface area contributed by atoms with Crippen LogP contribution in [0, 0.1) is 6.92 Å². The molecule has 1 aromatic heterocycles. The number of hydrogen-bond acceptors (Lipinski definition) is 2. The zero-order chi connectivity index (χ0) is 14.7. The van der Waals surface area contributed by atoms with Gasteiger partial charge in [-0.25, -0.2) is 0 Å². The normalized spacial score (nSPS) is 19.0. The number of hydrogen-bond donors (Lipinski definition) is 1. The Morgan fingerprint density at radius 2 is 2.10 bits per heavy atom. The minimum atomic E-state index is 0.366. The van der Waals surface area contributed by atoms with Gasteiger partial charge in [0.2, 0.25) is 0 Å². The summed E-state index contributed by atoms with van der Waals surface area (Å²) in [7, 11) is 0. The lowest BCUT2D eigenvalue weighted by atomic mass is 9.78. The molecule has 0 saturated carbocycles. The number of aromatic nitrogens is 1. The molecule has 2 aromatic rings. The highest BCUT2D eigenvalue weighted by atomic mass is 14.9. The van der Waals surface area contributed by atoms with E-state index in [1.807, 2.05) is 6.20 Å². The van der Waals surface area contributed by atoms with E-state index in [2.05, 4.69) is 55.6 Å². The zero-order valence-electron chi connectivity index (χ0n) is 13.0. The number of rotatable bonds is 4. The lowest BCUT2D eigenvalue weighted by molar-refractivity contribution is 0.399. The average Bonchev–Trinajstić information content (AvgIpc) is 2.53. The molecule has 0 aliphatic heterocycles. The van der Waals surface area contributed by atoms with Gasteiger partial charge in [-0.15, -0.1) is 0 Å². The molecule has 0 spiro atoms. The van der Waals surface area contributed by atoms with Crippen LogP contribution in [0.3, 0.4) is 0 Å². The number of aryl methyl sites for hydroxylation is 2. The Morgan fingerprint density at radius 1 is 1.24 bits per heavy atom. The molecule has 1 heterocycles. The summed E-state index contributed by atoms with van der Waals surface area (Å²) in [6, 6.07) is 13.4. The molecule has 0 amide bonds. The fourth-order valence-corrected chi connectivity index (χ4v) is 3.59. The van der Waals surface area contributed by atoms with Crippen molar-refractivity contribution in [3.05, 3.63) is 65.0 Å². The predicted molar refractivity (Wildman–Crippen MR) is 87.5 cm³/mol. The second kappa shape index (κ2) is 6.40. The summed E-state index contributed by atoms with van der Waals surface area (Å²) in [5.41, 5.74) is 5.53. The first-order valence-corrected chi connectivity index (χ1v) is 8.04. The van der Waals surface area contributed by atoms with Gasteiger partial charge in [-0.05, 0) is 55.5 Å². The van der Waals surface area contributed by atoms with E-state index in [-0.39, 0.29) is 0 Å². The summed E-state index contributed by atoms with van der Waals surface area (Å²) in [6.07, 6.45) is 5.59. The first-order chi connectivity index (χ1) is 10.3. The van der Waals surface area contributed by atoms with Crippen LogP contribution >= 0.6 is 0 Å². The Bertz CT molecular complexity index is 606. The molecule has 110 valence electrons. The molecule has 3 rings (SSSR count). The molecule has 1 aliphatic carbocycles. The highest BCUT2D eigenvalue weighted by Crippen LogP contribution is 2.39. The number of fused-ring (bicyclic) bond motifs is 1. The standard InChI is InChI=1S/C19H24N2/c1-3-20-19(16-11-5-4-8-14(16)2)17-12-6-9-15-10-7-13-21-18(15)17/h4-5,7-8,10-11,13,17,19-20H,3,6,9,12H2,1-2H3. The molecule has 21 heavy (non-hydrogen) atoms. The van der Waals surface area contributed by atoms with Gasteiger partial charge in [-0.1, -0.05) is 37.3 Å². The Kier molecular flexibility index (Phi) is 4.35. The van der Waals surface area contributed by atoms with Gasteiger partial charge in [0.15, 0.2) is 0 Å². The summed E-state index contributed by atoms with van der Waals surface area (Å²) < 4.78 is 0. The second-order valence-electron chi connectivity index (χ2n) is 5.94. The number of benzene rings is 1. The molecule has 0 bridgehead atoms. The molecule has 2 heteroatoms.